The zero-order valence-corrected chi connectivity index (χ0v) is 9.61. The molecule has 3 N–H and O–H groups in total. The maximum Gasteiger partial charge on any atom is 0.0208 e. The summed E-state index contributed by atoms with van der Waals surface area (Å²) >= 11 is 0. The molecule has 0 aromatic heterocycles. The maximum absolute atomic E-state index is 5.56. The van der Waals surface area contributed by atoms with Crippen molar-refractivity contribution in [3.8, 4) is 0 Å². The molecule has 1 atom stereocenters. The van der Waals surface area contributed by atoms with Crippen molar-refractivity contribution in [1.29, 1.82) is 0 Å². The van der Waals surface area contributed by atoms with E-state index in [0.717, 1.165) is 6.54 Å². The number of nitrogens with two attached hydrogens (primary N) is 1. The second-order valence-corrected chi connectivity index (χ2v) is 4.20. The third-order valence-electron chi connectivity index (χ3n) is 2.82. The number of hydrogen-bond donors (Lipinski definition) is 2. The van der Waals surface area contributed by atoms with Crippen LogP contribution in [0, 0.1) is 0 Å². The van der Waals surface area contributed by atoms with Gasteiger partial charge in [0.05, 0.1) is 0 Å². The highest BCUT2D eigenvalue weighted by molar-refractivity contribution is 5.82. The Labute approximate surface area is 96.5 Å². The van der Waals surface area contributed by atoms with E-state index < -0.39 is 0 Å². The normalized spacial score (nSPS) is 12.9. The lowest BCUT2D eigenvalue weighted by atomic mass is 10.1. The third kappa shape index (κ3) is 2.60. The summed E-state index contributed by atoms with van der Waals surface area (Å²) < 4.78 is 0. The summed E-state index contributed by atoms with van der Waals surface area (Å²) in [6.07, 6.45) is 0. The highest BCUT2D eigenvalue weighted by Gasteiger charge is 1.99. The fraction of sp³-hybridized carbons (Fsp3) is 0.286. The lowest BCUT2D eigenvalue weighted by Gasteiger charge is -2.11. The fourth-order valence-corrected chi connectivity index (χ4v) is 1.72. The summed E-state index contributed by atoms with van der Waals surface area (Å²) in [6, 6.07) is 15.3. The molecular formula is C14H18N2. The van der Waals surface area contributed by atoms with Crippen molar-refractivity contribution in [2.45, 2.75) is 19.5 Å². The number of nitrogens with one attached hydrogen (secondary N) is 1. The Morgan fingerprint density at radius 3 is 2.62 bits per heavy atom. The molecule has 2 heteroatoms. The molecule has 1 unspecified atom stereocenters. The summed E-state index contributed by atoms with van der Waals surface area (Å²) in [5.41, 5.74) is 6.87. The number of hydrogen-bond acceptors (Lipinski definition) is 2. The molecule has 0 aliphatic heterocycles. The standard InChI is InChI=1S/C14H18N2/c1-11(9-15)16-10-12-6-7-13-4-2-3-5-14(13)8-12/h2-8,11,16H,9-10,15H2,1H3. The van der Waals surface area contributed by atoms with Gasteiger partial charge >= 0.3 is 0 Å². The average molecular weight is 214 g/mol. The first kappa shape index (κ1) is 11.1. The summed E-state index contributed by atoms with van der Waals surface area (Å²) in [7, 11) is 0. The molecule has 2 aromatic rings. The van der Waals surface area contributed by atoms with Gasteiger partial charge < -0.3 is 11.1 Å². The van der Waals surface area contributed by atoms with Crippen LogP contribution in [0.1, 0.15) is 12.5 Å². The minimum atomic E-state index is 0.367. The van der Waals surface area contributed by atoms with E-state index in [4.69, 9.17) is 5.73 Å². The molecule has 2 nitrogen and oxygen atoms in total. The molecule has 2 aromatic carbocycles. The number of fused-ring (bicyclic) bond motifs is 1. The highest BCUT2D eigenvalue weighted by atomic mass is 14.9. The molecule has 84 valence electrons. The highest BCUT2D eigenvalue weighted by Crippen LogP contribution is 2.15. The van der Waals surface area contributed by atoms with Gasteiger partial charge in [-0.3, -0.25) is 0 Å². The third-order valence-corrected chi connectivity index (χ3v) is 2.82. The van der Waals surface area contributed by atoms with E-state index in [1.165, 1.54) is 16.3 Å². The molecule has 0 aliphatic rings. The topological polar surface area (TPSA) is 38.0 Å². The van der Waals surface area contributed by atoms with Gasteiger partial charge in [0, 0.05) is 19.1 Å². The Morgan fingerprint density at radius 1 is 1.12 bits per heavy atom. The van der Waals surface area contributed by atoms with Crippen molar-refractivity contribution in [2.75, 3.05) is 6.54 Å². The fourth-order valence-electron chi connectivity index (χ4n) is 1.72. The van der Waals surface area contributed by atoms with Crippen molar-refractivity contribution in [1.82, 2.24) is 5.32 Å². The predicted molar refractivity (Wildman–Crippen MR) is 69.3 cm³/mol. The number of rotatable bonds is 4. The van der Waals surface area contributed by atoms with Gasteiger partial charge in [0.25, 0.3) is 0 Å². The lowest BCUT2D eigenvalue weighted by molar-refractivity contribution is 0.556. The Kier molecular flexibility index (Phi) is 3.54. The molecule has 0 saturated carbocycles. The largest absolute Gasteiger partial charge is 0.329 e. The maximum atomic E-state index is 5.56. The van der Waals surface area contributed by atoms with Crippen molar-refractivity contribution in [2.24, 2.45) is 5.73 Å². The Morgan fingerprint density at radius 2 is 1.88 bits per heavy atom. The van der Waals surface area contributed by atoms with Crippen molar-refractivity contribution < 1.29 is 0 Å². The summed E-state index contributed by atoms with van der Waals surface area (Å²) in [6.45, 7) is 3.65. The van der Waals surface area contributed by atoms with E-state index in [1.54, 1.807) is 0 Å². The van der Waals surface area contributed by atoms with Gasteiger partial charge in [0.1, 0.15) is 0 Å². The minimum absolute atomic E-state index is 0.367. The van der Waals surface area contributed by atoms with Crippen LogP contribution in [0.3, 0.4) is 0 Å². The van der Waals surface area contributed by atoms with Crippen LogP contribution in [0.4, 0.5) is 0 Å². The first-order chi connectivity index (χ1) is 7.79. The van der Waals surface area contributed by atoms with Crippen LogP contribution in [0.5, 0.6) is 0 Å². The average Bonchev–Trinajstić information content (AvgIpc) is 2.35. The summed E-state index contributed by atoms with van der Waals surface area (Å²) in [4.78, 5) is 0. The quantitative estimate of drug-likeness (QED) is 0.819. The van der Waals surface area contributed by atoms with E-state index in [9.17, 15) is 0 Å². The summed E-state index contributed by atoms with van der Waals surface area (Å²) in [5, 5.41) is 5.97. The molecule has 0 aliphatic carbocycles. The summed E-state index contributed by atoms with van der Waals surface area (Å²) in [5.74, 6) is 0. The SMILES string of the molecule is CC(CN)NCc1ccc2ccccc2c1. The molecular weight excluding hydrogens is 196 g/mol. The Balaban J connectivity index is 2.13. The van der Waals surface area contributed by atoms with Crippen molar-refractivity contribution in [3.63, 3.8) is 0 Å². The molecule has 0 saturated heterocycles. The van der Waals surface area contributed by atoms with E-state index in [2.05, 4.69) is 54.7 Å². The van der Waals surface area contributed by atoms with Gasteiger partial charge in [-0.25, -0.2) is 0 Å². The Hall–Kier alpha value is -1.38. The van der Waals surface area contributed by atoms with Gasteiger partial charge in [0.15, 0.2) is 0 Å². The van der Waals surface area contributed by atoms with E-state index in [-0.39, 0.29) is 0 Å². The predicted octanol–water partition coefficient (Wildman–Crippen LogP) is 2.28. The molecule has 0 bridgehead atoms. The smallest absolute Gasteiger partial charge is 0.0208 e. The van der Waals surface area contributed by atoms with Crippen LogP contribution in [0.15, 0.2) is 42.5 Å². The van der Waals surface area contributed by atoms with E-state index in [1.807, 2.05) is 0 Å². The second-order valence-electron chi connectivity index (χ2n) is 4.20. The van der Waals surface area contributed by atoms with Gasteiger partial charge in [-0.05, 0) is 29.3 Å². The van der Waals surface area contributed by atoms with Crippen molar-refractivity contribution >= 4 is 10.8 Å². The first-order valence-corrected chi connectivity index (χ1v) is 5.71. The van der Waals surface area contributed by atoms with Crippen LogP contribution in [-0.4, -0.2) is 12.6 Å². The van der Waals surface area contributed by atoms with Crippen LogP contribution >= 0.6 is 0 Å². The zero-order valence-electron chi connectivity index (χ0n) is 9.61. The van der Waals surface area contributed by atoms with Gasteiger partial charge in [-0.15, -0.1) is 0 Å². The Bertz CT molecular complexity index is 465. The van der Waals surface area contributed by atoms with Crippen molar-refractivity contribution in [3.05, 3.63) is 48.0 Å². The van der Waals surface area contributed by atoms with Gasteiger partial charge in [-0.2, -0.15) is 0 Å². The molecule has 0 heterocycles. The molecule has 0 fully saturated rings. The molecule has 0 radical (unpaired) electrons. The number of benzene rings is 2. The van der Waals surface area contributed by atoms with Crippen LogP contribution in [0.25, 0.3) is 10.8 Å². The zero-order chi connectivity index (χ0) is 11.4. The van der Waals surface area contributed by atoms with Gasteiger partial charge in [0.2, 0.25) is 0 Å². The van der Waals surface area contributed by atoms with Crippen LogP contribution < -0.4 is 11.1 Å². The van der Waals surface area contributed by atoms with E-state index >= 15 is 0 Å². The lowest BCUT2D eigenvalue weighted by Crippen LogP contribution is -2.32. The molecule has 16 heavy (non-hydrogen) atoms. The van der Waals surface area contributed by atoms with Crippen LogP contribution in [-0.2, 0) is 6.54 Å². The molecule has 0 amide bonds. The molecule has 0 spiro atoms. The monoisotopic (exact) mass is 214 g/mol. The first-order valence-electron chi connectivity index (χ1n) is 5.71. The van der Waals surface area contributed by atoms with E-state index in [0.29, 0.717) is 12.6 Å². The second kappa shape index (κ2) is 5.10. The minimum Gasteiger partial charge on any atom is -0.329 e. The molecule has 2 rings (SSSR count). The van der Waals surface area contributed by atoms with Crippen LogP contribution in [0.2, 0.25) is 0 Å². The van der Waals surface area contributed by atoms with Gasteiger partial charge in [-0.1, -0.05) is 36.4 Å².